The van der Waals surface area contributed by atoms with Crippen LogP contribution in [0, 0.1) is 0 Å². The molecule has 0 N–H and O–H groups in total. The van der Waals surface area contributed by atoms with Crippen molar-refractivity contribution < 1.29 is 0 Å². The predicted molar refractivity (Wildman–Crippen MR) is 53.8 cm³/mol. The van der Waals surface area contributed by atoms with Crippen molar-refractivity contribution in [2.24, 2.45) is 0 Å². The molecule has 0 aromatic carbocycles. The lowest BCUT2D eigenvalue weighted by atomic mass is 10.4. The van der Waals surface area contributed by atoms with Crippen LogP contribution >= 0.6 is 51.5 Å². The van der Waals surface area contributed by atoms with Crippen LogP contribution < -0.4 is 0 Å². The summed E-state index contributed by atoms with van der Waals surface area (Å²) < 4.78 is 0.867. The van der Waals surface area contributed by atoms with E-state index in [2.05, 4.69) is 20.9 Å². The third kappa shape index (κ3) is 3.16. The molecule has 0 unspecified atom stereocenters. The van der Waals surface area contributed by atoms with Gasteiger partial charge in [0.15, 0.2) is 0 Å². The van der Waals surface area contributed by atoms with E-state index >= 15 is 0 Å². The molecule has 62 valence electrons. The summed E-state index contributed by atoms with van der Waals surface area (Å²) in [7, 11) is 0. The highest BCUT2D eigenvalue weighted by atomic mass is 79.9. The van der Waals surface area contributed by atoms with Crippen LogP contribution in [0.25, 0.3) is 0 Å². The number of alkyl halides is 1. The van der Waals surface area contributed by atoms with Crippen molar-refractivity contribution in [3.8, 4) is 0 Å². The van der Waals surface area contributed by atoms with Gasteiger partial charge in [0.1, 0.15) is 0 Å². The second-order valence-corrected chi connectivity index (χ2v) is 3.31. The van der Waals surface area contributed by atoms with Gasteiger partial charge in [0.2, 0.25) is 0 Å². The highest BCUT2D eigenvalue weighted by Gasteiger charge is 1.99. The Morgan fingerprint density at radius 3 is 2.64 bits per heavy atom. The number of hydrogen-bond donors (Lipinski definition) is 0. The van der Waals surface area contributed by atoms with Crippen molar-refractivity contribution in [1.82, 2.24) is 4.98 Å². The summed E-state index contributed by atoms with van der Waals surface area (Å²) in [6, 6.07) is 1.77. The van der Waals surface area contributed by atoms with Crippen LogP contribution in [0.2, 0.25) is 5.02 Å². The van der Waals surface area contributed by atoms with E-state index in [1.807, 2.05) is 0 Å². The normalized spacial score (nSPS) is 9.00. The van der Waals surface area contributed by atoms with E-state index in [0.29, 0.717) is 16.6 Å². The molecule has 1 rings (SSSR count). The molecule has 11 heavy (non-hydrogen) atoms. The average molecular weight is 277 g/mol. The monoisotopic (exact) mass is 275 g/mol. The molecule has 0 aliphatic rings. The molecule has 0 spiro atoms. The summed E-state index contributed by atoms with van der Waals surface area (Å²) in [5, 5.41) is 0.601. The first-order chi connectivity index (χ1) is 4.74. The van der Waals surface area contributed by atoms with Crippen molar-refractivity contribution in [3.05, 3.63) is 27.5 Å². The van der Waals surface area contributed by atoms with Gasteiger partial charge in [0, 0.05) is 10.7 Å². The van der Waals surface area contributed by atoms with Crippen LogP contribution in [-0.4, -0.2) is 4.98 Å². The second-order valence-electron chi connectivity index (χ2n) is 1.72. The molecule has 0 fully saturated rings. The summed E-state index contributed by atoms with van der Waals surface area (Å²) in [6.45, 7) is 0. The Kier molecular flexibility index (Phi) is 5.44. The zero-order valence-corrected chi connectivity index (χ0v) is 9.27. The zero-order chi connectivity index (χ0) is 7.56. The van der Waals surface area contributed by atoms with E-state index in [4.69, 9.17) is 23.2 Å². The van der Waals surface area contributed by atoms with Gasteiger partial charge in [-0.05, 0) is 22.0 Å². The van der Waals surface area contributed by atoms with Crippen LogP contribution in [0.4, 0.5) is 0 Å². The molecule has 0 aliphatic heterocycles. The van der Waals surface area contributed by atoms with Gasteiger partial charge in [-0.25, -0.2) is 0 Å². The standard InChI is InChI=1S/C6H4BrCl2N.ClH/c7-4-1-5(9)6(2-8)10-3-4;/h1,3H,2H2;1H. The van der Waals surface area contributed by atoms with Crippen molar-refractivity contribution in [1.29, 1.82) is 0 Å². The Labute approximate surface area is 89.6 Å². The van der Waals surface area contributed by atoms with E-state index in [9.17, 15) is 0 Å². The van der Waals surface area contributed by atoms with Crippen LogP contribution in [0.1, 0.15) is 5.69 Å². The number of nitrogens with zero attached hydrogens (tertiary/aromatic N) is 1. The Morgan fingerprint density at radius 1 is 1.55 bits per heavy atom. The third-order valence-corrected chi connectivity index (χ3v) is 2.02. The van der Waals surface area contributed by atoms with Crippen LogP contribution in [-0.2, 0) is 5.88 Å². The highest BCUT2D eigenvalue weighted by molar-refractivity contribution is 9.10. The van der Waals surface area contributed by atoms with Gasteiger partial charge in [-0.1, -0.05) is 11.6 Å². The van der Waals surface area contributed by atoms with Crippen LogP contribution in [0.15, 0.2) is 16.7 Å². The number of aromatic nitrogens is 1. The Balaban J connectivity index is 0.000001000. The fraction of sp³-hybridized carbons (Fsp3) is 0.167. The van der Waals surface area contributed by atoms with E-state index in [1.165, 1.54) is 0 Å². The topological polar surface area (TPSA) is 12.9 Å². The van der Waals surface area contributed by atoms with Crippen molar-refractivity contribution in [3.63, 3.8) is 0 Å². The molecule has 0 saturated heterocycles. The number of halogens is 4. The first-order valence-corrected chi connectivity index (χ1v) is 4.30. The summed E-state index contributed by atoms with van der Waals surface area (Å²) in [6.07, 6.45) is 1.67. The Morgan fingerprint density at radius 2 is 2.18 bits per heavy atom. The smallest absolute Gasteiger partial charge is 0.0738 e. The van der Waals surface area contributed by atoms with Crippen molar-refractivity contribution in [2.45, 2.75) is 5.88 Å². The second kappa shape index (κ2) is 5.20. The molecule has 1 aromatic heterocycles. The minimum absolute atomic E-state index is 0. The maximum Gasteiger partial charge on any atom is 0.0738 e. The Hall–Kier alpha value is 0.500. The molecule has 0 bridgehead atoms. The first kappa shape index (κ1) is 11.5. The molecule has 5 heteroatoms. The molecule has 1 nitrogen and oxygen atoms in total. The molecule has 0 aliphatic carbocycles. The molecule has 0 radical (unpaired) electrons. The SMILES string of the molecule is Cl.ClCc1ncc(Br)cc1Cl. The van der Waals surface area contributed by atoms with Gasteiger partial charge in [-0.3, -0.25) is 4.98 Å². The summed E-state index contributed by atoms with van der Waals surface area (Å²) in [5.74, 6) is 0.353. The average Bonchev–Trinajstić information content (AvgIpc) is 1.88. The number of pyridine rings is 1. The lowest BCUT2D eigenvalue weighted by molar-refractivity contribution is 1.16. The quantitative estimate of drug-likeness (QED) is 0.714. The van der Waals surface area contributed by atoms with Crippen LogP contribution in [0.3, 0.4) is 0 Å². The first-order valence-electron chi connectivity index (χ1n) is 2.60. The predicted octanol–water partition coefficient (Wildman–Crippen LogP) is 3.66. The van der Waals surface area contributed by atoms with Crippen LogP contribution in [0.5, 0.6) is 0 Å². The summed E-state index contributed by atoms with van der Waals surface area (Å²) in [4.78, 5) is 3.99. The Bertz CT molecular complexity index is 241. The minimum atomic E-state index is 0. The fourth-order valence-corrected chi connectivity index (χ4v) is 1.52. The van der Waals surface area contributed by atoms with E-state index < -0.39 is 0 Å². The maximum absolute atomic E-state index is 5.75. The fourth-order valence-electron chi connectivity index (χ4n) is 0.541. The van der Waals surface area contributed by atoms with Gasteiger partial charge in [-0.2, -0.15) is 0 Å². The van der Waals surface area contributed by atoms with Crippen molar-refractivity contribution in [2.75, 3.05) is 0 Å². The van der Waals surface area contributed by atoms with Gasteiger partial charge < -0.3 is 0 Å². The van der Waals surface area contributed by atoms with Crippen molar-refractivity contribution >= 4 is 51.5 Å². The molecule has 1 aromatic rings. The van der Waals surface area contributed by atoms with E-state index in [-0.39, 0.29) is 12.4 Å². The molecular weight excluding hydrogens is 272 g/mol. The van der Waals surface area contributed by atoms with Gasteiger partial charge in [-0.15, -0.1) is 24.0 Å². The minimum Gasteiger partial charge on any atom is -0.257 e. The lowest BCUT2D eigenvalue weighted by Gasteiger charge is -1.97. The molecule has 0 amide bonds. The molecular formula is C6H5BrCl3N. The largest absolute Gasteiger partial charge is 0.257 e. The molecule has 0 atom stereocenters. The van der Waals surface area contributed by atoms with Gasteiger partial charge >= 0.3 is 0 Å². The zero-order valence-electron chi connectivity index (χ0n) is 5.35. The highest BCUT2D eigenvalue weighted by Crippen LogP contribution is 2.19. The summed E-state index contributed by atoms with van der Waals surface area (Å²) >= 11 is 14.5. The molecule has 1 heterocycles. The lowest BCUT2D eigenvalue weighted by Crippen LogP contribution is -1.85. The van der Waals surface area contributed by atoms with E-state index in [1.54, 1.807) is 12.3 Å². The van der Waals surface area contributed by atoms with Gasteiger partial charge in [0.25, 0.3) is 0 Å². The van der Waals surface area contributed by atoms with E-state index in [0.717, 1.165) is 4.47 Å². The molecule has 0 saturated carbocycles. The maximum atomic E-state index is 5.75. The number of rotatable bonds is 1. The summed E-state index contributed by atoms with van der Waals surface area (Å²) in [5.41, 5.74) is 0.714. The third-order valence-electron chi connectivity index (χ3n) is 1.01. The van der Waals surface area contributed by atoms with Gasteiger partial charge in [0.05, 0.1) is 16.6 Å². The number of hydrogen-bond acceptors (Lipinski definition) is 1.